The van der Waals surface area contributed by atoms with Crippen LogP contribution >= 0.6 is 23.4 Å². The standard InChI is InChI=1S/C15H24ClN3S/c1-11(2)8-17-9-14-13(16)4-5-15(18-14)19(3)12-6-7-20-10-12/h4-5,11-12,17H,6-10H2,1-3H3. The fourth-order valence-electron chi connectivity index (χ4n) is 2.29. The number of hydrogen-bond donors (Lipinski definition) is 1. The van der Waals surface area contributed by atoms with E-state index in [1.807, 2.05) is 23.9 Å². The van der Waals surface area contributed by atoms with Crippen molar-refractivity contribution in [2.75, 3.05) is 30.0 Å². The highest BCUT2D eigenvalue weighted by atomic mass is 35.5. The Hall–Kier alpha value is -0.450. The number of aromatic nitrogens is 1. The molecule has 20 heavy (non-hydrogen) atoms. The fraction of sp³-hybridized carbons (Fsp3) is 0.667. The molecule has 1 unspecified atom stereocenters. The SMILES string of the molecule is CC(C)CNCc1nc(N(C)C2CCSC2)ccc1Cl. The van der Waals surface area contributed by atoms with Crippen LogP contribution in [-0.2, 0) is 6.54 Å². The van der Waals surface area contributed by atoms with Gasteiger partial charge >= 0.3 is 0 Å². The first-order chi connectivity index (χ1) is 9.58. The molecule has 0 aliphatic carbocycles. The zero-order chi connectivity index (χ0) is 14.5. The van der Waals surface area contributed by atoms with E-state index in [4.69, 9.17) is 16.6 Å². The lowest BCUT2D eigenvalue weighted by atomic mass is 10.2. The van der Waals surface area contributed by atoms with Crippen LogP contribution in [0.4, 0.5) is 5.82 Å². The number of nitrogens with zero attached hydrogens (tertiary/aromatic N) is 2. The number of nitrogens with one attached hydrogen (secondary N) is 1. The van der Waals surface area contributed by atoms with E-state index in [1.54, 1.807) is 0 Å². The van der Waals surface area contributed by atoms with Crippen molar-refractivity contribution in [3.63, 3.8) is 0 Å². The molecule has 0 saturated carbocycles. The molecule has 0 aromatic carbocycles. The molecule has 1 aromatic rings. The smallest absolute Gasteiger partial charge is 0.128 e. The molecule has 1 aromatic heterocycles. The fourth-order valence-corrected chi connectivity index (χ4v) is 3.73. The molecule has 1 N–H and O–H groups in total. The topological polar surface area (TPSA) is 28.2 Å². The van der Waals surface area contributed by atoms with E-state index in [9.17, 15) is 0 Å². The molecule has 0 spiro atoms. The van der Waals surface area contributed by atoms with E-state index in [0.29, 0.717) is 12.0 Å². The number of pyridine rings is 1. The van der Waals surface area contributed by atoms with Crippen molar-refractivity contribution in [3.8, 4) is 0 Å². The molecular weight excluding hydrogens is 290 g/mol. The normalized spacial score (nSPS) is 18.8. The largest absolute Gasteiger partial charge is 0.356 e. The molecule has 3 nitrogen and oxygen atoms in total. The molecule has 1 aliphatic rings. The first-order valence-electron chi connectivity index (χ1n) is 7.24. The van der Waals surface area contributed by atoms with Crippen molar-refractivity contribution in [3.05, 3.63) is 22.8 Å². The Morgan fingerprint density at radius 2 is 2.30 bits per heavy atom. The Bertz CT molecular complexity index is 433. The summed E-state index contributed by atoms with van der Waals surface area (Å²) in [7, 11) is 2.14. The van der Waals surface area contributed by atoms with Crippen LogP contribution in [0.3, 0.4) is 0 Å². The predicted octanol–water partition coefficient (Wildman–Crippen LogP) is 3.42. The summed E-state index contributed by atoms with van der Waals surface area (Å²) < 4.78 is 0. The van der Waals surface area contributed by atoms with E-state index in [0.717, 1.165) is 29.6 Å². The summed E-state index contributed by atoms with van der Waals surface area (Å²) in [5.41, 5.74) is 0.947. The monoisotopic (exact) mass is 313 g/mol. The molecule has 0 radical (unpaired) electrons. The second-order valence-electron chi connectivity index (χ2n) is 5.75. The first-order valence-corrected chi connectivity index (χ1v) is 8.78. The molecule has 1 aliphatic heterocycles. The Labute approximate surface area is 131 Å². The van der Waals surface area contributed by atoms with Crippen LogP contribution < -0.4 is 10.2 Å². The predicted molar refractivity (Wildman–Crippen MR) is 89.9 cm³/mol. The highest BCUT2D eigenvalue weighted by Crippen LogP contribution is 2.26. The summed E-state index contributed by atoms with van der Waals surface area (Å²) in [5, 5.41) is 4.16. The third-order valence-corrected chi connectivity index (χ3v) is 5.05. The van der Waals surface area contributed by atoms with Gasteiger partial charge in [-0.15, -0.1) is 0 Å². The molecule has 1 saturated heterocycles. The summed E-state index contributed by atoms with van der Waals surface area (Å²) in [4.78, 5) is 7.03. The van der Waals surface area contributed by atoms with Gasteiger partial charge in [-0.05, 0) is 36.8 Å². The van der Waals surface area contributed by atoms with Gasteiger partial charge in [0.2, 0.25) is 0 Å². The summed E-state index contributed by atoms with van der Waals surface area (Å²) in [6.45, 7) is 6.11. The maximum absolute atomic E-state index is 6.25. The van der Waals surface area contributed by atoms with Crippen molar-refractivity contribution in [2.45, 2.75) is 32.9 Å². The summed E-state index contributed by atoms with van der Waals surface area (Å²) in [5.74, 6) is 4.12. The number of anilines is 1. The third-order valence-electron chi connectivity index (χ3n) is 3.56. The van der Waals surface area contributed by atoms with E-state index >= 15 is 0 Å². The van der Waals surface area contributed by atoms with Gasteiger partial charge in [-0.3, -0.25) is 0 Å². The van der Waals surface area contributed by atoms with Gasteiger partial charge in [0, 0.05) is 25.4 Å². The lowest BCUT2D eigenvalue weighted by molar-refractivity contribution is 0.548. The van der Waals surface area contributed by atoms with Crippen molar-refractivity contribution in [1.29, 1.82) is 0 Å². The highest BCUT2D eigenvalue weighted by molar-refractivity contribution is 7.99. The van der Waals surface area contributed by atoms with E-state index < -0.39 is 0 Å². The molecule has 5 heteroatoms. The zero-order valence-corrected chi connectivity index (χ0v) is 14.1. The van der Waals surface area contributed by atoms with E-state index in [2.05, 4.69) is 31.1 Å². The molecular formula is C15H24ClN3S. The molecule has 2 rings (SSSR count). The second kappa shape index (κ2) is 7.53. The number of halogens is 1. The molecule has 1 atom stereocenters. The van der Waals surface area contributed by atoms with Crippen molar-refractivity contribution in [1.82, 2.24) is 10.3 Å². The Kier molecular flexibility index (Phi) is 6.00. The number of hydrogen-bond acceptors (Lipinski definition) is 4. The van der Waals surface area contributed by atoms with Gasteiger partial charge in [0.15, 0.2) is 0 Å². The highest BCUT2D eigenvalue weighted by Gasteiger charge is 2.21. The quantitative estimate of drug-likeness (QED) is 0.871. The minimum absolute atomic E-state index is 0.602. The third kappa shape index (κ3) is 4.27. The van der Waals surface area contributed by atoms with E-state index in [-0.39, 0.29) is 0 Å². The molecule has 0 amide bonds. The zero-order valence-electron chi connectivity index (χ0n) is 12.5. The van der Waals surface area contributed by atoms with Crippen molar-refractivity contribution in [2.24, 2.45) is 5.92 Å². The minimum Gasteiger partial charge on any atom is -0.356 e. The minimum atomic E-state index is 0.602. The van der Waals surface area contributed by atoms with Gasteiger partial charge in [0.05, 0.1) is 10.7 Å². The molecule has 2 heterocycles. The lowest BCUT2D eigenvalue weighted by Gasteiger charge is -2.25. The summed E-state index contributed by atoms with van der Waals surface area (Å²) in [6.07, 6.45) is 1.24. The van der Waals surface area contributed by atoms with Crippen LogP contribution in [0, 0.1) is 5.92 Å². The average Bonchev–Trinajstić information content (AvgIpc) is 2.93. The van der Waals surface area contributed by atoms with Crippen molar-refractivity contribution < 1.29 is 0 Å². The van der Waals surface area contributed by atoms with Gasteiger partial charge in [-0.2, -0.15) is 11.8 Å². The average molecular weight is 314 g/mol. The Morgan fingerprint density at radius 3 is 2.95 bits per heavy atom. The summed E-state index contributed by atoms with van der Waals surface area (Å²) in [6, 6.07) is 4.59. The molecule has 112 valence electrons. The van der Waals surface area contributed by atoms with Crippen LogP contribution in [0.2, 0.25) is 5.02 Å². The van der Waals surface area contributed by atoms with Crippen LogP contribution in [-0.4, -0.2) is 36.1 Å². The maximum atomic E-state index is 6.25. The van der Waals surface area contributed by atoms with Gasteiger partial charge in [0.1, 0.15) is 5.82 Å². The molecule has 1 fully saturated rings. The number of rotatable bonds is 6. The van der Waals surface area contributed by atoms with Gasteiger partial charge in [-0.1, -0.05) is 25.4 Å². The molecule has 0 bridgehead atoms. The van der Waals surface area contributed by atoms with Crippen molar-refractivity contribution >= 4 is 29.2 Å². The van der Waals surface area contributed by atoms with Crippen LogP contribution in [0.5, 0.6) is 0 Å². The van der Waals surface area contributed by atoms with Crippen LogP contribution in [0.1, 0.15) is 26.0 Å². The Morgan fingerprint density at radius 1 is 1.50 bits per heavy atom. The van der Waals surface area contributed by atoms with Gasteiger partial charge < -0.3 is 10.2 Å². The first kappa shape index (κ1) is 15.9. The van der Waals surface area contributed by atoms with Crippen LogP contribution in [0.25, 0.3) is 0 Å². The lowest BCUT2D eigenvalue weighted by Crippen LogP contribution is -2.32. The maximum Gasteiger partial charge on any atom is 0.128 e. The van der Waals surface area contributed by atoms with E-state index in [1.165, 1.54) is 17.9 Å². The number of thioether (sulfide) groups is 1. The Balaban J connectivity index is 2.03. The second-order valence-corrected chi connectivity index (χ2v) is 7.31. The van der Waals surface area contributed by atoms with Crippen LogP contribution in [0.15, 0.2) is 12.1 Å². The van der Waals surface area contributed by atoms with Gasteiger partial charge in [-0.25, -0.2) is 4.98 Å². The summed E-state index contributed by atoms with van der Waals surface area (Å²) >= 11 is 8.27. The van der Waals surface area contributed by atoms with Gasteiger partial charge in [0.25, 0.3) is 0 Å².